The number of hydrogen-bond acceptors (Lipinski definition) is 1. The Morgan fingerprint density at radius 3 is 1.83 bits per heavy atom. The quantitative estimate of drug-likeness (QED) is 0.572. The molecule has 0 aromatic heterocycles. The molecule has 74 valence electrons. The summed E-state index contributed by atoms with van der Waals surface area (Å²) < 4.78 is 75.6. The van der Waals surface area contributed by atoms with E-state index in [2.05, 4.69) is 0 Å². The Balaban J connectivity index is 4.14. The molecule has 0 spiro atoms. The normalized spacial score (nSPS) is 16.2. The number of rotatable bonds is 3. The number of halogens is 5. The van der Waals surface area contributed by atoms with Gasteiger partial charge in [-0.3, -0.25) is 0 Å². The molecule has 0 fully saturated rings. The lowest BCUT2D eigenvalue weighted by Gasteiger charge is -2.18. The Labute approximate surface area is 67.0 Å². The molecule has 0 radical (unpaired) electrons. The summed E-state index contributed by atoms with van der Waals surface area (Å²) in [6.07, 6.45) is -7.31. The first-order chi connectivity index (χ1) is 5.17. The molecular weight excluding hydrogens is 207 g/mol. The first kappa shape index (κ1) is 11.8. The Hall–Kier alpha value is -0.240. The summed E-state index contributed by atoms with van der Waals surface area (Å²) in [6, 6.07) is 0. The summed E-state index contributed by atoms with van der Waals surface area (Å²) in [5.41, 5.74) is 0. The van der Waals surface area contributed by atoms with Crippen LogP contribution in [-0.4, -0.2) is 26.6 Å². The van der Waals surface area contributed by atoms with Gasteiger partial charge in [0.05, 0.1) is 5.75 Å². The van der Waals surface area contributed by atoms with E-state index in [4.69, 9.17) is 4.55 Å². The fourth-order valence-corrected chi connectivity index (χ4v) is 0.788. The highest BCUT2D eigenvalue weighted by Gasteiger charge is 2.56. The van der Waals surface area contributed by atoms with Gasteiger partial charge < -0.3 is 4.55 Å². The van der Waals surface area contributed by atoms with E-state index in [0.29, 0.717) is 0 Å². The lowest BCUT2D eigenvalue weighted by molar-refractivity contribution is -0.282. The van der Waals surface area contributed by atoms with E-state index in [1.165, 1.54) is 0 Å². The van der Waals surface area contributed by atoms with Crippen LogP contribution in [0.2, 0.25) is 0 Å². The van der Waals surface area contributed by atoms with Crippen molar-refractivity contribution in [3.63, 3.8) is 0 Å². The van der Waals surface area contributed by atoms with Crippen LogP contribution in [0.3, 0.4) is 0 Å². The van der Waals surface area contributed by atoms with Crippen LogP contribution >= 0.6 is 0 Å². The second-order valence-corrected chi connectivity index (χ2v) is 3.03. The summed E-state index contributed by atoms with van der Waals surface area (Å²) in [5.74, 6) is -5.97. The van der Waals surface area contributed by atoms with Gasteiger partial charge in [0.15, 0.2) is 11.1 Å². The molecular formula is C4H5F5O2S. The van der Waals surface area contributed by atoms with E-state index in [1.807, 2.05) is 0 Å². The van der Waals surface area contributed by atoms with Crippen LogP contribution in [-0.2, 0) is 11.1 Å². The monoisotopic (exact) mass is 212 g/mol. The molecule has 1 atom stereocenters. The van der Waals surface area contributed by atoms with Gasteiger partial charge in [-0.05, 0) is 0 Å². The molecule has 0 heterocycles. The minimum Gasteiger partial charge on any atom is -0.306 e. The summed E-state index contributed by atoms with van der Waals surface area (Å²) >= 11 is -2.63. The van der Waals surface area contributed by atoms with Gasteiger partial charge in [0.1, 0.15) is 0 Å². The highest BCUT2D eigenvalue weighted by molar-refractivity contribution is 7.79. The molecule has 0 amide bonds. The molecule has 1 N–H and O–H groups in total. The van der Waals surface area contributed by atoms with Crippen LogP contribution in [0.4, 0.5) is 22.0 Å². The molecule has 8 heteroatoms. The smallest absolute Gasteiger partial charge is 0.306 e. The third kappa shape index (κ3) is 3.44. The van der Waals surface area contributed by atoms with E-state index >= 15 is 0 Å². The lowest BCUT2D eigenvalue weighted by Crippen LogP contribution is -2.37. The molecule has 0 aromatic carbocycles. The van der Waals surface area contributed by atoms with Gasteiger partial charge in [-0.25, -0.2) is 4.21 Å². The van der Waals surface area contributed by atoms with Crippen LogP contribution in [0.1, 0.15) is 6.42 Å². The largest absolute Gasteiger partial charge is 0.453 e. The van der Waals surface area contributed by atoms with Crippen LogP contribution in [0.15, 0.2) is 0 Å². The second-order valence-electron chi connectivity index (χ2n) is 1.98. The minimum absolute atomic E-state index is 1.09. The molecule has 0 saturated carbocycles. The van der Waals surface area contributed by atoms with Gasteiger partial charge in [-0.1, -0.05) is 0 Å². The molecule has 1 unspecified atom stereocenters. The summed E-state index contributed by atoms with van der Waals surface area (Å²) in [5, 5.41) is 0. The summed E-state index contributed by atoms with van der Waals surface area (Å²) in [7, 11) is 0. The number of alkyl halides is 5. The molecule has 0 aliphatic heterocycles. The topological polar surface area (TPSA) is 37.3 Å². The van der Waals surface area contributed by atoms with Crippen LogP contribution in [0.25, 0.3) is 0 Å². The van der Waals surface area contributed by atoms with Crippen molar-refractivity contribution >= 4 is 11.1 Å². The highest BCUT2D eigenvalue weighted by atomic mass is 32.2. The maximum absolute atomic E-state index is 11.9. The average molecular weight is 212 g/mol. The van der Waals surface area contributed by atoms with Crippen LogP contribution < -0.4 is 0 Å². The van der Waals surface area contributed by atoms with Crippen molar-refractivity contribution in [3.05, 3.63) is 0 Å². The standard InChI is InChI=1S/C4H5F5O2S/c5-3(6,4(7,8)9)1-2-12(10)11/h1-2H2,(H,10,11). The van der Waals surface area contributed by atoms with Crippen molar-refractivity contribution in [2.75, 3.05) is 5.75 Å². The molecule has 12 heavy (non-hydrogen) atoms. The van der Waals surface area contributed by atoms with E-state index in [1.54, 1.807) is 0 Å². The van der Waals surface area contributed by atoms with Gasteiger partial charge in [-0.15, -0.1) is 0 Å². The zero-order valence-corrected chi connectivity index (χ0v) is 6.38. The van der Waals surface area contributed by atoms with Gasteiger partial charge in [0.25, 0.3) is 0 Å². The molecule has 0 aliphatic carbocycles. The molecule has 0 saturated heterocycles. The maximum Gasteiger partial charge on any atom is 0.453 e. The van der Waals surface area contributed by atoms with Crippen LogP contribution in [0.5, 0.6) is 0 Å². The fourth-order valence-electron chi connectivity index (χ4n) is 0.357. The Morgan fingerprint density at radius 2 is 1.58 bits per heavy atom. The molecule has 0 aromatic rings. The van der Waals surface area contributed by atoms with E-state index in [-0.39, 0.29) is 0 Å². The van der Waals surface area contributed by atoms with E-state index in [0.717, 1.165) is 0 Å². The molecule has 2 nitrogen and oxygen atoms in total. The predicted molar refractivity (Wildman–Crippen MR) is 31.3 cm³/mol. The predicted octanol–water partition coefficient (Wildman–Crippen LogP) is 1.80. The zero-order chi connectivity index (χ0) is 9.99. The summed E-state index contributed by atoms with van der Waals surface area (Å²) in [6.45, 7) is 0. The van der Waals surface area contributed by atoms with Gasteiger partial charge in [-0.2, -0.15) is 22.0 Å². The first-order valence-electron chi connectivity index (χ1n) is 2.69. The summed E-state index contributed by atoms with van der Waals surface area (Å²) in [4.78, 5) is 0. The Kier molecular flexibility index (Phi) is 3.58. The SMILES string of the molecule is O=S(O)CCC(F)(F)C(F)(F)F. The van der Waals surface area contributed by atoms with Crippen LogP contribution in [0, 0.1) is 0 Å². The van der Waals surface area contributed by atoms with Crippen molar-refractivity contribution in [3.8, 4) is 0 Å². The third-order valence-corrected chi connectivity index (χ3v) is 1.56. The number of hydrogen-bond donors (Lipinski definition) is 1. The molecule has 0 rings (SSSR count). The van der Waals surface area contributed by atoms with Gasteiger partial charge >= 0.3 is 12.1 Å². The Morgan fingerprint density at radius 1 is 1.17 bits per heavy atom. The van der Waals surface area contributed by atoms with Gasteiger partial charge in [0, 0.05) is 6.42 Å². The van der Waals surface area contributed by atoms with Crippen molar-refractivity contribution in [1.82, 2.24) is 0 Å². The average Bonchev–Trinajstić information content (AvgIpc) is 1.81. The van der Waals surface area contributed by atoms with Crippen molar-refractivity contribution in [2.24, 2.45) is 0 Å². The molecule has 0 bridgehead atoms. The fraction of sp³-hybridized carbons (Fsp3) is 1.00. The first-order valence-corrected chi connectivity index (χ1v) is 3.96. The second kappa shape index (κ2) is 3.65. The van der Waals surface area contributed by atoms with E-state index < -0.39 is 35.4 Å². The maximum atomic E-state index is 11.9. The van der Waals surface area contributed by atoms with Crippen molar-refractivity contribution < 1.29 is 30.7 Å². The zero-order valence-electron chi connectivity index (χ0n) is 5.57. The molecule has 0 aliphatic rings. The lowest BCUT2D eigenvalue weighted by atomic mass is 10.2. The highest BCUT2D eigenvalue weighted by Crippen LogP contribution is 2.37. The van der Waals surface area contributed by atoms with E-state index in [9.17, 15) is 26.2 Å². The minimum atomic E-state index is -5.65. The van der Waals surface area contributed by atoms with Gasteiger partial charge in [0.2, 0.25) is 0 Å². The third-order valence-electron chi connectivity index (χ3n) is 1.01. The van der Waals surface area contributed by atoms with Crippen molar-refractivity contribution in [2.45, 2.75) is 18.5 Å². The van der Waals surface area contributed by atoms with Crippen molar-refractivity contribution in [1.29, 1.82) is 0 Å². The Bertz CT molecular complexity index is 177.